The van der Waals surface area contributed by atoms with Gasteiger partial charge < -0.3 is 10.2 Å². The maximum atomic E-state index is 10.3. The first kappa shape index (κ1) is 31.7. The summed E-state index contributed by atoms with van der Waals surface area (Å²) in [5, 5.41) is 16.7. The number of hydrogen-bond acceptors (Lipinski definition) is 2. The molecule has 0 bridgehead atoms. The summed E-state index contributed by atoms with van der Waals surface area (Å²) >= 11 is 0. The van der Waals surface area contributed by atoms with Gasteiger partial charge in [0.15, 0.2) is 0 Å². The van der Waals surface area contributed by atoms with Crippen molar-refractivity contribution >= 4 is 11.9 Å². The minimum atomic E-state index is -1.03. The lowest BCUT2D eigenvalue weighted by molar-refractivity contribution is -0.137. The smallest absolute Gasteiger partial charge is 0.381 e. The fraction of sp³-hybridized carbons (Fsp3) is 0.852. The van der Waals surface area contributed by atoms with Crippen molar-refractivity contribution in [2.75, 3.05) is 0 Å². The molecule has 4 heteroatoms. The molecule has 0 aromatic heterocycles. The third kappa shape index (κ3) is 36.2. The third-order valence-electron chi connectivity index (χ3n) is 5.34. The molecule has 0 aromatic carbocycles. The first-order valence-corrected chi connectivity index (χ1v) is 13.0. The standard InChI is InChI=1S/C18H36O2.C9H14O2/c1-2-3-4-5-6-7-8-9-10-11-12-13-14-15-16-17-18(19)20;1-2-3-4-5-6-7-8-9(10)11/h2-17H2,1H3,(H,19,20);2-6H2,1H3,(H,10,11). The number of rotatable bonds is 20. The molecule has 0 saturated heterocycles. The highest BCUT2D eigenvalue weighted by Gasteiger charge is 1.97. The molecule has 0 aromatic rings. The Morgan fingerprint density at radius 3 is 1.26 bits per heavy atom. The summed E-state index contributed by atoms with van der Waals surface area (Å²) in [6, 6.07) is 0. The summed E-state index contributed by atoms with van der Waals surface area (Å²) in [5.74, 6) is 3.00. The molecule has 0 atom stereocenters. The lowest BCUT2D eigenvalue weighted by atomic mass is 10.0. The van der Waals surface area contributed by atoms with E-state index >= 15 is 0 Å². The molecule has 0 spiro atoms. The van der Waals surface area contributed by atoms with E-state index in [0.29, 0.717) is 12.8 Å². The van der Waals surface area contributed by atoms with E-state index in [0.717, 1.165) is 25.7 Å². The van der Waals surface area contributed by atoms with Gasteiger partial charge in [-0.05, 0) is 12.8 Å². The lowest BCUT2D eigenvalue weighted by Gasteiger charge is -2.03. The Kier molecular flexibility index (Phi) is 29.1. The summed E-state index contributed by atoms with van der Waals surface area (Å²) in [6.45, 7) is 4.41. The minimum absolute atomic E-state index is 0.345. The fourth-order valence-corrected chi connectivity index (χ4v) is 3.43. The molecule has 31 heavy (non-hydrogen) atoms. The van der Waals surface area contributed by atoms with Gasteiger partial charge in [0.25, 0.3) is 0 Å². The number of unbranched alkanes of at least 4 members (excludes halogenated alkanes) is 18. The Labute approximate surface area is 192 Å². The van der Waals surface area contributed by atoms with Crippen molar-refractivity contribution in [3.05, 3.63) is 0 Å². The Balaban J connectivity index is 0. The number of hydrogen-bond donors (Lipinski definition) is 2. The van der Waals surface area contributed by atoms with Crippen LogP contribution in [0.25, 0.3) is 0 Å². The molecule has 0 heterocycles. The van der Waals surface area contributed by atoms with E-state index in [1.54, 1.807) is 0 Å². The fourth-order valence-electron chi connectivity index (χ4n) is 3.43. The van der Waals surface area contributed by atoms with Crippen LogP contribution in [0.5, 0.6) is 0 Å². The first-order chi connectivity index (χ1) is 15.0. The van der Waals surface area contributed by atoms with Gasteiger partial charge in [0.05, 0.1) is 0 Å². The summed E-state index contributed by atoms with van der Waals surface area (Å²) in [6.07, 6.45) is 25.5. The van der Waals surface area contributed by atoms with Crippen LogP contribution < -0.4 is 0 Å². The van der Waals surface area contributed by atoms with Crippen molar-refractivity contribution in [2.24, 2.45) is 0 Å². The van der Waals surface area contributed by atoms with E-state index in [1.807, 2.05) is 0 Å². The molecular weight excluding hydrogens is 388 g/mol. The zero-order chi connectivity index (χ0) is 23.4. The number of carboxylic acids is 2. The molecule has 0 fully saturated rings. The van der Waals surface area contributed by atoms with E-state index in [9.17, 15) is 9.59 Å². The molecular formula is C27H50O4. The van der Waals surface area contributed by atoms with Crippen LogP contribution in [0.1, 0.15) is 149 Å². The van der Waals surface area contributed by atoms with Gasteiger partial charge in [-0.15, -0.1) is 0 Å². The van der Waals surface area contributed by atoms with Crippen LogP contribution in [0, 0.1) is 11.8 Å². The molecule has 0 aliphatic heterocycles. The van der Waals surface area contributed by atoms with Crippen LogP contribution in [0.3, 0.4) is 0 Å². The second-order valence-electron chi connectivity index (χ2n) is 8.51. The van der Waals surface area contributed by atoms with Crippen molar-refractivity contribution < 1.29 is 19.8 Å². The van der Waals surface area contributed by atoms with Crippen LogP contribution in [0.15, 0.2) is 0 Å². The van der Waals surface area contributed by atoms with Crippen LogP contribution in [0.2, 0.25) is 0 Å². The molecule has 0 aliphatic carbocycles. The number of carboxylic acid groups (broad SMARTS) is 2. The van der Waals surface area contributed by atoms with E-state index in [4.69, 9.17) is 10.2 Å². The first-order valence-electron chi connectivity index (χ1n) is 13.0. The quantitative estimate of drug-likeness (QED) is 0.148. The Morgan fingerprint density at radius 2 is 0.903 bits per heavy atom. The molecule has 0 radical (unpaired) electrons. The second kappa shape index (κ2) is 28.5. The normalized spacial score (nSPS) is 10.0. The van der Waals surface area contributed by atoms with Gasteiger partial charge in [-0.2, -0.15) is 0 Å². The molecule has 0 unspecified atom stereocenters. The van der Waals surface area contributed by atoms with Crippen molar-refractivity contribution in [1.82, 2.24) is 0 Å². The molecule has 0 rings (SSSR count). The second-order valence-corrected chi connectivity index (χ2v) is 8.51. The van der Waals surface area contributed by atoms with Crippen molar-refractivity contribution in [3.63, 3.8) is 0 Å². The highest BCUT2D eigenvalue weighted by molar-refractivity contribution is 5.86. The van der Waals surface area contributed by atoms with Crippen molar-refractivity contribution in [3.8, 4) is 11.8 Å². The predicted molar refractivity (Wildman–Crippen MR) is 131 cm³/mol. The zero-order valence-electron chi connectivity index (χ0n) is 20.6. The lowest BCUT2D eigenvalue weighted by Crippen LogP contribution is -1.93. The van der Waals surface area contributed by atoms with Gasteiger partial charge in [0, 0.05) is 18.8 Å². The summed E-state index contributed by atoms with van der Waals surface area (Å²) in [5.41, 5.74) is 0. The van der Waals surface area contributed by atoms with Crippen LogP contribution in [-0.4, -0.2) is 22.2 Å². The maximum Gasteiger partial charge on any atom is 0.381 e. The monoisotopic (exact) mass is 438 g/mol. The van der Waals surface area contributed by atoms with Crippen molar-refractivity contribution in [2.45, 2.75) is 149 Å². The van der Waals surface area contributed by atoms with Crippen LogP contribution >= 0.6 is 0 Å². The molecule has 2 N–H and O–H groups in total. The largest absolute Gasteiger partial charge is 0.481 e. The SMILES string of the molecule is CCCCCCC#CC(=O)O.CCCCCCCCCCCCCCCCCC(=O)O. The topological polar surface area (TPSA) is 74.6 Å². The van der Waals surface area contributed by atoms with E-state index in [2.05, 4.69) is 25.7 Å². The van der Waals surface area contributed by atoms with Gasteiger partial charge in [-0.1, -0.05) is 129 Å². The molecule has 0 aliphatic rings. The maximum absolute atomic E-state index is 10.3. The molecule has 182 valence electrons. The summed E-state index contributed by atoms with van der Waals surface area (Å²) < 4.78 is 0. The average Bonchev–Trinajstić information content (AvgIpc) is 2.73. The zero-order valence-corrected chi connectivity index (χ0v) is 20.6. The number of carbonyl (C=O) groups is 2. The molecule has 0 saturated carbocycles. The Morgan fingerprint density at radius 1 is 0.548 bits per heavy atom. The van der Waals surface area contributed by atoms with E-state index in [1.165, 1.54) is 96.3 Å². The van der Waals surface area contributed by atoms with E-state index in [-0.39, 0.29) is 0 Å². The van der Waals surface area contributed by atoms with Crippen molar-refractivity contribution in [1.29, 1.82) is 0 Å². The van der Waals surface area contributed by atoms with E-state index < -0.39 is 11.9 Å². The van der Waals surface area contributed by atoms with Gasteiger partial charge in [0.2, 0.25) is 0 Å². The highest BCUT2D eigenvalue weighted by Crippen LogP contribution is 2.13. The Bertz CT molecular complexity index is 448. The molecule has 0 amide bonds. The molecule has 4 nitrogen and oxygen atoms in total. The predicted octanol–water partition coefficient (Wildman–Crippen LogP) is 8.38. The van der Waals surface area contributed by atoms with Gasteiger partial charge >= 0.3 is 11.9 Å². The van der Waals surface area contributed by atoms with Crippen LogP contribution in [-0.2, 0) is 9.59 Å². The number of aliphatic carboxylic acids is 2. The average molecular weight is 439 g/mol. The summed E-state index contributed by atoms with van der Waals surface area (Å²) in [7, 11) is 0. The van der Waals surface area contributed by atoms with Crippen LogP contribution in [0.4, 0.5) is 0 Å². The van der Waals surface area contributed by atoms with Gasteiger partial charge in [-0.25, -0.2) is 4.79 Å². The summed E-state index contributed by atoms with van der Waals surface area (Å²) in [4.78, 5) is 20.2. The minimum Gasteiger partial charge on any atom is -0.481 e. The Hall–Kier alpha value is -1.50. The van der Waals surface area contributed by atoms with Gasteiger partial charge in [-0.3, -0.25) is 4.79 Å². The van der Waals surface area contributed by atoms with Gasteiger partial charge in [0.1, 0.15) is 0 Å². The highest BCUT2D eigenvalue weighted by atomic mass is 16.4. The third-order valence-corrected chi connectivity index (χ3v) is 5.34.